The summed E-state index contributed by atoms with van der Waals surface area (Å²) in [5, 5.41) is 9.98. The summed E-state index contributed by atoms with van der Waals surface area (Å²) in [7, 11) is 0. The molecule has 3 rings (SSSR count). The fraction of sp³-hybridized carbons (Fsp3) is 0.556. The van der Waals surface area contributed by atoms with E-state index in [0.717, 1.165) is 11.4 Å². The summed E-state index contributed by atoms with van der Waals surface area (Å²) >= 11 is 0. The zero-order valence-electron chi connectivity index (χ0n) is 14.6. The van der Waals surface area contributed by atoms with E-state index in [0.29, 0.717) is 37.1 Å². The van der Waals surface area contributed by atoms with E-state index in [1.165, 1.54) is 32.1 Å². The predicted octanol–water partition coefficient (Wildman–Crippen LogP) is 2.94. The number of nitrogens with zero attached hydrogens (tertiary/aromatic N) is 3. The van der Waals surface area contributed by atoms with E-state index in [1.54, 1.807) is 13.1 Å². The number of carbonyl (C=O) groups excluding carboxylic acids is 1. The van der Waals surface area contributed by atoms with E-state index in [4.69, 9.17) is 4.52 Å². The van der Waals surface area contributed by atoms with Crippen molar-refractivity contribution in [3.63, 3.8) is 0 Å². The van der Waals surface area contributed by atoms with Crippen molar-refractivity contribution in [2.24, 2.45) is 5.92 Å². The molecule has 134 valence electrons. The molecule has 7 nitrogen and oxygen atoms in total. The maximum absolute atomic E-state index is 12.0. The van der Waals surface area contributed by atoms with E-state index in [1.807, 2.05) is 12.1 Å². The zero-order valence-corrected chi connectivity index (χ0v) is 14.6. The van der Waals surface area contributed by atoms with E-state index in [-0.39, 0.29) is 5.91 Å². The number of carbonyl (C=O) groups is 1. The Morgan fingerprint density at radius 3 is 2.88 bits per heavy atom. The van der Waals surface area contributed by atoms with Crippen LogP contribution in [0.3, 0.4) is 0 Å². The van der Waals surface area contributed by atoms with E-state index < -0.39 is 0 Å². The molecule has 0 saturated heterocycles. The molecule has 2 N–H and O–H groups in total. The summed E-state index contributed by atoms with van der Waals surface area (Å²) in [5.74, 6) is 2.51. The van der Waals surface area contributed by atoms with Gasteiger partial charge in [0.25, 0.3) is 5.89 Å². The number of rotatable bonds is 7. The maximum Gasteiger partial charge on any atom is 0.258 e. The summed E-state index contributed by atoms with van der Waals surface area (Å²) in [6.45, 7) is 2.98. The third-order valence-corrected chi connectivity index (χ3v) is 4.49. The average Bonchev–Trinajstić information content (AvgIpc) is 3.06. The first kappa shape index (κ1) is 17.4. The number of aryl methyl sites for hydroxylation is 1. The van der Waals surface area contributed by atoms with Gasteiger partial charge < -0.3 is 15.2 Å². The van der Waals surface area contributed by atoms with E-state index in [9.17, 15) is 4.79 Å². The molecular weight excluding hydrogens is 318 g/mol. The highest BCUT2D eigenvalue weighted by Gasteiger charge is 2.16. The largest absolute Gasteiger partial charge is 0.368 e. The van der Waals surface area contributed by atoms with Crippen molar-refractivity contribution in [1.29, 1.82) is 0 Å². The molecule has 2 aromatic heterocycles. The van der Waals surface area contributed by atoms with Crippen LogP contribution in [-0.4, -0.2) is 34.1 Å². The Hall–Kier alpha value is -2.44. The van der Waals surface area contributed by atoms with Crippen LogP contribution in [0.15, 0.2) is 22.9 Å². The number of anilines is 1. The summed E-state index contributed by atoms with van der Waals surface area (Å²) in [4.78, 5) is 20.5. The first-order chi connectivity index (χ1) is 12.2. The quantitative estimate of drug-likeness (QED) is 0.751. The van der Waals surface area contributed by atoms with Gasteiger partial charge in [-0.2, -0.15) is 4.98 Å². The molecular formula is C18H25N5O2. The minimum atomic E-state index is 0.150. The molecule has 1 fully saturated rings. The second-order valence-corrected chi connectivity index (χ2v) is 6.56. The molecule has 0 bridgehead atoms. The summed E-state index contributed by atoms with van der Waals surface area (Å²) in [6, 6.07) is 3.68. The van der Waals surface area contributed by atoms with Crippen LogP contribution in [0.25, 0.3) is 11.5 Å². The maximum atomic E-state index is 12.0. The number of hydrogen-bond donors (Lipinski definition) is 2. The van der Waals surface area contributed by atoms with Crippen molar-refractivity contribution in [2.75, 3.05) is 18.4 Å². The molecule has 1 aliphatic carbocycles. The van der Waals surface area contributed by atoms with Crippen LogP contribution in [0.1, 0.15) is 44.3 Å². The van der Waals surface area contributed by atoms with Gasteiger partial charge in [-0.3, -0.25) is 4.79 Å². The van der Waals surface area contributed by atoms with Gasteiger partial charge in [-0.1, -0.05) is 24.4 Å². The van der Waals surface area contributed by atoms with Gasteiger partial charge in [0, 0.05) is 31.3 Å². The Kier molecular flexibility index (Phi) is 5.98. The van der Waals surface area contributed by atoms with Gasteiger partial charge in [-0.05, 0) is 37.8 Å². The Morgan fingerprint density at radius 2 is 2.12 bits per heavy atom. The standard InChI is InChI=1S/C18H25N5O2/c1-13-22-18(25-23-13)15-7-8-19-16(12-15)20-9-10-21-17(24)11-14-5-3-2-4-6-14/h7-8,12,14H,2-6,9-11H2,1H3,(H,19,20)(H,21,24). The second kappa shape index (κ2) is 8.60. The van der Waals surface area contributed by atoms with Gasteiger partial charge in [0.05, 0.1) is 0 Å². The third kappa shape index (κ3) is 5.27. The first-order valence-electron chi connectivity index (χ1n) is 8.98. The average molecular weight is 343 g/mol. The van der Waals surface area contributed by atoms with Crippen molar-refractivity contribution >= 4 is 11.7 Å². The van der Waals surface area contributed by atoms with Gasteiger partial charge in [-0.25, -0.2) is 4.98 Å². The van der Waals surface area contributed by atoms with Crippen LogP contribution in [0.4, 0.5) is 5.82 Å². The lowest BCUT2D eigenvalue weighted by Crippen LogP contribution is -2.30. The number of aromatic nitrogens is 3. The number of nitrogens with one attached hydrogen (secondary N) is 2. The van der Waals surface area contributed by atoms with Crippen LogP contribution in [0, 0.1) is 12.8 Å². The number of hydrogen-bond acceptors (Lipinski definition) is 6. The fourth-order valence-corrected chi connectivity index (χ4v) is 3.19. The molecule has 0 aliphatic heterocycles. The molecule has 1 saturated carbocycles. The molecule has 25 heavy (non-hydrogen) atoms. The smallest absolute Gasteiger partial charge is 0.258 e. The molecule has 0 atom stereocenters. The van der Waals surface area contributed by atoms with Crippen LogP contribution < -0.4 is 10.6 Å². The van der Waals surface area contributed by atoms with Crippen molar-refractivity contribution < 1.29 is 9.32 Å². The number of amides is 1. The molecule has 1 amide bonds. The third-order valence-electron chi connectivity index (χ3n) is 4.49. The minimum absolute atomic E-state index is 0.150. The van der Waals surface area contributed by atoms with Gasteiger partial charge in [0.15, 0.2) is 5.82 Å². The topological polar surface area (TPSA) is 92.9 Å². The first-order valence-corrected chi connectivity index (χ1v) is 8.98. The minimum Gasteiger partial charge on any atom is -0.368 e. The molecule has 0 radical (unpaired) electrons. The van der Waals surface area contributed by atoms with Crippen molar-refractivity contribution in [2.45, 2.75) is 45.4 Å². The van der Waals surface area contributed by atoms with Crippen LogP contribution in [0.2, 0.25) is 0 Å². The normalized spacial score (nSPS) is 15.1. The second-order valence-electron chi connectivity index (χ2n) is 6.56. The zero-order chi connectivity index (χ0) is 17.5. The van der Waals surface area contributed by atoms with Crippen LogP contribution in [0.5, 0.6) is 0 Å². The molecule has 0 spiro atoms. The predicted molar refractivity (Wildman–Crippen MR) is 95.0 cm³/mol. The summed E-state index contributed by atoms with van der Waals surface area (Å²) in [6.07, 6.45) is 8.58. The Morgan fingerprint density at radius 1 is 1.28 bits per heavy atom. The lowest BCUT2D eigenvalue weighted by Gasteiger charge is -2.20. The van der Waals surface area contributed by atoms with E-state index in [2.05, 4.69) is 25.8 Å². The highest BCUT2D eigenvalue weighted by Crippen LogP contribution is 2.26. The highest BCUT2D eigenvalue weighted by molar-refractivity contribution is 5.76. The Balaban J connectivity index is 1.40. The van der Waals surface area contributed by atoms with Gasteiger partial charge in [-0.15, -0.1) is 0 Å². The molecule has 2 heterocycles. The molecule has 1 aliphatic rings. The summed E-state index contributed by atoms with van der Waals surface area (Å²) in [5.41, 5.74) is 0.819. The van der Waals surface area contributed by atoms with Gasteiger partial charge in [0.2, 0.25) is 5.91 Å². The van der Waals surface area contributed by atoms with Crippen molar-refractivity contribution in [1.82, 2.24) is 20.4 Å². The molecule has 0 unspecified atom stereocenters. The Bertz CT molecular complexity index is 694. The van der Waals surface area contributed by atoms with Gasteiger partial charge >= 0.3 is 0 Å². The molecule has 7 heteroatoms. The molecule has 0 aromatic carbocycles. The summed E-state index contributed by atoms with van der Waals surface area (Å²) < 4.78 is 5.16. The van der Waals surface area contributed by atoms with Crippen molar-refractivity contribution in [3.8, 4) is 11.5 Å². The SMILES string of the molecule is Cc1noc(-c2ccnc(NCCNC(=O)CC3CCCCC3)c2)n1. The lowest BCUT2D eigenvalue weighted by atomic mass is 9.87. The molecule has 2 aromatic rings. The van der Waals surface area contributed by atoms with Crippen LogP contribution in [-0.2, 0) is 4.79 Å². The highest BCUT2D eigenvalue weighted by atomic mass is 16.5. The number of pyridine rings is 1. The fourth-order valence-electron chi connectivity index (χ4n) is 3.19. The monoisotopic (exact) mass is 343 g/mol. The lowest BCUT2D eigenvalue weighted by molar-refractivity contribution is -0.122. The van der Waals surface area contributed by atoms with E-state index >= 15 is 0 Å². The van der Waals surface area contributed by atoms with Gasteiger partial charge in [0.1, 0.15) is 5.82 Å². The van der Waals surface area contributed by atoms with Crippen molar-refractivity contribution in [3.05, 3.63) is 24.2 Å². The van der Waals surface area contributed by atoms with Crippen LogP contribution >= 0.6 is 0 Å². The Labute approximate surface area is 147 Å².